The fourth-order valence-electron chi connectivity index (χ4n) is 2.15. The second kappa shape index (κ2) is 9.59. The van der Waals surface area contributed by atoms with Crippen molar-refractivity contribution in [2.75, 3.05) is 25.6 Å². The number of carbonyl (C=O) groups is 3. The predicted octanol–water partition coefficient (Wildman–Crippen LogP) is 2.57. The largest absolute Gasteiger partial charge is 0.482 e. The first-order chi connectivity index (χ1) is 12.9. The quantitative estimate of drug-likeness (QED) is 0.709. The maximum Gasteiger partial charge on any atom is 0.344 e. The number of hydrogen-bond donors (Lipinski definition) is 2. The molecule has 0 spiro atoms. The number of nitrogens with one attached hydrogen (secondary N) is 2. The van der Waals surface area contributed by atoms with E-state index in [2.05, 4.69) is 10.6 Å². The lowest BCUT2D eigenvalue weighted by Gasteiger charge is -2.10. The van der Waals surface area contributed by atoms with Gasteiger partial charge in [0.15, 0.2) is 13.2 Å². The standard InChI is InChI=1S/C19H19ClN2O5/c1-12-9-14(20)5-8-16(12)26-11-18(24)27-10-17(23)22-15-6-3-13(4-7-15)19(25)21-2/h3-9H,10-11H2,1-2H3,(H,21,25)(H,22,23). The zero-order valence-corrected chi connectivity index (χ0v) is 15.6. The van der Waals surface area contributed by atoms with Crippen molar-refractivity contribution in [3.63, 3.8) is 0 Å². The maximum atomic E-state index is 11.8. The van der Waals surface area contributed by atoms with Crippen molar-refractivity contribution in [2.24, 2.45) is 0 Å². The number of aryl methyl sites for hydroxylation is 1. The van der Waals surface area contributed by atoms with E-state index in [0.717, 1.165) is 5.56 Å². The van der Waals surface area contributed by atoms with E-state index in [1.165, 1.54) is 7.05 Å². The molecule has 2 amide bonds. The Kier molecular flexibility index (Phi) is 7.19. The van der Waals surface area contributed by atoms with Crippen molar-refractivity contribution in [1.29, 1.82) is 0 Å². The summed E-state index contributed by atoms with van der Waals surface area (Å²) in [5, 5.41) is 5.64. The van der Waals surface area contributed by atoms with E-state index >= 15 is 0 Å². The van der Waals surface area contributed by atoms with Crippen molar-refractivity contribution in [3.8, 4) is 5.75 Å². The molecular formula is C19H19ClN2O5. The summed E-state index contributed by atoms with van der Waals surface area (Å²) in [6, 6.07) is 11.3. The zero-order chi connectivity index (χ0) is 19.8. The summed E-state index contributed by atoms with van der Waals surface area (Å²) >= 11 is 5.85. The Morgan fingerprint density at radius 1 is 1.04 bits per heavy atom. The summed E-state index contributed by atoms with van der Waals surface area (Å²) in [5.74, 6) is -0.886. The summed E-state index contributed by atoms with van der Waals surface area (Å²) in [6.45, 7) is 1.03. The molecule has 2 rings (SSSR count). The van der Waals surface area contributed by atoms with Gasteiger partial charge in [-0.3, -0.25) is 9.59 Å². The van der Waals surface area contributed by atoms with Gasteiger partial charge in [-0.25, -0.2) is 4.79 Å². The molecule has 0 radical (unpaired) electrons. The summed E-state index contributed by atoms with van der Waals surface area (Å²) in [4.78, 5) is 35.0. The van der Waals surface area contributed by atoms with Gasteiger partial charge in [0.25, 0.3) is 11.8 Å². The van der Waals surface area contributed by atoms with Crippen LogP contribution in [-0.4, -0.2) is 38.0 Å². The average Bonchev–Trinajstić information content (AvgIpc) is 2.65. The highest BCUT2D eigenvalue weighted by Gasteiger charge is 2.10. The van der Waals surface area contributed by atoms with Gasteiger partial charge in [-0.2, -0.15) is 0 Å². The molecule has 2 aromatic rings. The Morgan fingerprint density at radius 2 is 1.74 bits per heavy atom. The third-order valence-corrected chi connectivity index (χ3v) is 3.74. The molecule has 142 valence electrons. The first-order valence-corrected chi connectivity index (χ1v) is 8.43. The van der Waals surface area contributed by atoms with E-state index in [9.17, 15) is 14.4 Å². The Labute approximate surface area is 161 Å². The number of anilines is 1. The van der Waals surface area contributed by atoms with Gasteiger partial charge in [-0.05, 0) is 55.0 Å². The zero-order valence-electron chi connectivity index (χ0n) is 14.9. The van der Waals surface area contributed by atoms with Crippen LogP contribution in [0.5, 0.6) is 5.75 Å². The number of ether oxygens (including phenoxy) is 2. The van der Waals surface area contributed by atoms with Crippen LogP contribution in [0.3, 0.4) is 0 Å². The van der Waals surface area contributed by atoms with Crippen LogP contribution in [0.2, 0.25) is 5.02 Å². The minimum absolute atomic E-state index is 0.224. The van der Waals surface area contributed by atoms with E-state index in [1.54, 1.807) is 49.4 Å². The number of esters is 1. The average molecular weight is 391 g/mol. The van der Waals surface area contributed by atoms with Crippen LogP contribution >= 0.6 is 11.6 Å². The molecule has 0 aliphatic heterocycles. The second-order valence-electron chi connectivity index (χ2n) is 5.56. The van der Waals surface area contributed by atoms with Crippen LogP contribution in [0.4, 0.5) is 5.69 Å². The Hall–Kier alpha value is -3.06. The molecule has 0 atom stereocenters. The molecule has 7 nitrogen and oxygen atoms in total. The minimum atomic E-state index is -0.672. The number of halogens is 1. The van der Waals surface area contributed by atoms with Gasteiger partial charge >= 0.3 is 5.97 Å². The minimum Gasteiger partial charge on any atom is -0.482 e. The summed E-state index contributed by atoms with van der Waals surface area (Å²) in [6.07, 6.45) is 0. The molecule has 0 aliphatic carbocycles. The number of hydrogen-bond acceptors (Lipinski definition) is 5. The Balaban J connectivity index is 1.76. The lowest BCUT2D eigenvalue weighted by molar-refractivity contribution is -0.149. The molecule has 0 fully saturated rings. The van der Waals surface area contributed by atoms with E-state index in [1.807, 2.05) is 0 Å². The van der Waals surface area contributed by atoms with Gasteiger partial charge in [0.05, 0.1) is 0 Å². The monoisotopic (exact) mass is 390 g/mol. The molecule has 0 aromatic heterocycles. The number of carbonyl (C=O) groups excluding carboxylic acids is 3. The van der Waals surface area contributed by atoms with Crippen LogP contribution in [-0.2, 0) is 14.3 Å². The van der Waals surface area contributed by atoms with Gasteiger partial charge in [0.1, 0.15) is 5.75 Å². The maximum absolute atomic E-state index is 11.8. The topological polar surface area (TPSA) is 93.7 Å². The first-order valence-electron chi connectivity index (χ1n) is 8.05. The number of amides is 2. The molecule has 27 heavy (non-hydrogen) atoms. The molecule has 0 unspecified atom stereocenters. The lowest BCUT2D eigenvalue weighted by Crippen LogP contribution is -2.24. The fraction of sp³-hybridized carbons (Fsp3) is 0.211. The van der Waals surface area contributed by atoms with E-state index in [4.69, 9.17) is 21.1 Å². The molecule has 0 bridgehead atoms. The normalized spacial score (nSPS) is 10.0. The summed E-state index contributed by atoms with van der Waals surface area (Å²) < 4.78 is 10.2. The molecule has 0 heterocycles. The van der Waals surface area contributed by atoms with E-state index in [-0.39, 0.29) is 12.5 Å². The van der Waals surface area contributed by atoms with Crippen molar-refractivity contribution in [3.05, 3.63) is 58.6 Å². The molecule has 8 heteroatoms. The van der Waals surface area contributed by atoms with E-state index < -0.39 is 18.5 Å². The Morgan fingerprint density at radius 3 is 2.37 bits per heavy atom. The van der Waals surface area contributed by atoms with Gasteiger partial charge in [0, 0.05) is 23.3 Å². The van der Waals surface area contributed by atoms with Gasteiger partial charge in [0.2, 0.25) is 0 Å². The second-order valence-corrected chi connectivity index (χ2v) is 6.00. The van der Waals surface area contributed by atoms with Gasteiger partial charge in [-0.15, -0.1) is 0 Å². The summed E-state index contributed by atoms with van der Waals surface area (Å²) in [7, 11) is 1.53. The lowest BCUT2D eigenvalue weighted by atomic mass is 10.2. The SMILES string of the molecule is CNC(=O)c1ccc(NC(=O)COC(=O)COc2ccc(Cl)cc2C)cc1. The van der Waals surface area contributed by atoms with Crippen molar-refractivity contribution in [1.82, 2.24) is 5.32 Å². The predicted molar refractivity (Wildman–Crippen MR) is 101 cm³/mol. The number of rotatable bonds is 7. The molecule has 0 saturated heterocycles. The van der Waals surface area contributed by atoms with Crippen molar-refractivity contribution < 1.29 is 23.9 Å². The third kappa shape index (κ3) is 6.31. The van der Waals surface area contributed by atoms with Crippen molar-refractivity contribution in [2.45, 2.75) is 6.92 Å². The third-order valence-electron chi connectivity index (χ3n) is 3.50. The summed E-state index contributed by atoms with van der Waals surface area (Å²) in [5.41, 5.74) is 1.74. The highest BCUT2D eigenvalue weighted by atomic mass is 35.5. The Bertz CT molecular complexity index is 836. The van der Waals surface area contributed by atoms with Crippen LogP contribution in [0.1, 0.15) is 15.9 Å². The van der Waals surface area contributed by atoms with Gasteiger partial charge in [-0.1, -0.05) is 11.6 Å². The first kappa shape index (κ1) is 20.3. The molecule has 2 N–H and O–H groups in total. The highest BCUT2D eigenvalue weighted by Crippen LogP contribution is 2.21. The molecule has 2 aromatic carbocycles. The number of benzene rings is 2. The highest BCUT2D eigenvalue weighted by molar-refractivity contribution is 6.30. The molecule has 0 saturated carbocycles. The van der Waals surface area contributed by atoms with Gasteiger partial charge < -0.3 is 20.1 Å². The van der Waals surface area contributed by atoms with E-state index in [0.29, 0.717) is 22.0 Å². The molecule has 0 aliphatic rings. The van der Waals surface area contributed by atoms with Crippen LogP contribution in [0.25, 0.3) is 0 Å². The fourth-order valence-corrected chi connectivity index (χ4v) is 2.37. The van der Waals surface area contributed by atoms with Crippen molar-refractivity contribution >= 4 is 35.1 Å². The van der Waals surface area contributed by atoms with Crippen LogP contribution < -0.4 is 15.4 Å². The smallest absolute Gasteiger partial charge is 0.344 e. The molecular weight excluding hydrogens is 372 g/mol. The van der Waals surface area contributed by atoms with Crippen LogP contribution in [0.15, 0.2) is 42.5 Å². The van der Waals surface area contributed by atoms with Crippen LogP contribution in [0, 0.1) is 6.92 Å².